The smallest absolute Gasteiger partial charge is 0.320 e. The Hall–Kier alpha value is -3.41. The van der Waals surface area contributed by atoms with Crippen LogP contribution in [0.2, 0.25) is 0 Å². The number of anilines is 1. The highest BCUT2D eigenvalue weighted by molar-refractivity contribution is 6.10. The third kappa shape index (κ3) is 4.81. The molecular formula is C31H31F6N5O. The molecule has 12 heteroatoms. The van der Waals surface area contributed by atoms with E-state index in [1.54, 1.807) is 12.4 Å². The van der Waals surface area contributed by atoms with Crippen LogP contribution in [0.4, 0.5) is 32.0 Å². The third-order valence-corrected chi connectivity index (χ3v) is 9.94. The predicted octanol–water partition coefficient (Wildman–Crippen LogP) is 6.63. The Balaban J connectivity index is 1.20. The maximum atomic E-state index is 14.3. The van der Waals surface area contributed by atoms with Gasteiger partial charge < -0.3 is 9.47 Å². The molecule has 2 aliphatic heterocycles. The summed E-state index contributed by atoms with van der Waals surface area (Å²) in [5.74, 6) is -1.24. The summed E-state index contributed by atoms with van der Waals surface area (Å²) in [4.78, 5) is 16.6. The summed E-state index contributed by atoms with van der Waals surface area (Å²) >= 11 is 0. The lowest BCUT2D eigenvalue weighted by atomic mass is 9.56. The molecule has 0 N–H and O–H groups in total. The SMILES string of the molecule is Cn1cnnc1C1(c2cccc(N3Cc4c(cc(CN5CCCC(C(F)(F)F)C5)cc4C(F)(F)F)C3=O)c2)CC2(CC2)C1. The number of carbonyl (C=O) groups is 1. The van der Waals surface area contributed by atoms with Crippen molar-refractivity contribution in [1.29, 1.82) is 0 Å². The lowest BCUT2D eigenvalue weighted by Gasteiger charge is -2.48. The first-order chi connectivity index (χ1) is 20.3. The topological polar surface area (TPSA) is 54.3 Å². The Morgan fingerprint density at radius 3 is 2.47 bits per heavy atom. The van der Waals surface area contributed by atoms with E-state index in [9.17, 15) is 31.1 Å². The molecule has 0 radical (unpaired) electrons. The number of likely N-dealkylation sites (tertiary alicyclic amines) is 1. The quantitative estimate of drug-likeness (QED) is 0.308. The summed E-state index contributed by atoms with van der Waals surface area (Å²) in [5, 5.41) is 8.49. The molecule has 1 atom stereocenters. The van der Waals surface area contributed by atoms with E-state index in [4.69, 9.17) is 0 Å². The third-order valence-electron chi connectivity index (χ3n) is 9.94. The Kier molecular flexibility index (Phi) is 6.30. The van der Waals surface area contributed by atoms with E-state index >= 15 is 0 Å². The average Bonchev–Trinajstić information content (AvgIpc) is 3.50. The standard InChI is InChI=1S/C31H31F6N5O/c1-40-18-38-39-27(40)29(16-28(17-29)7-8-28)20-4-2-6-22(12-20)42-15-24-23(26(42)43)10-19(11-25(24)31(35,36)37)13-41-9-3-5-21(14-41)30(32,33)34/h2,4,6,10-12,18,21H,3,5,7-9,13-17H2,1H3. The molecule has 1 amide bonds. The van der Waals surface area contributed by atoms with E-state index in [1.165, 1.54) is 15.9 Å². The fourth-order valence-corrected chi connectivity index (χ4v) is 7.68. The van der Waals surface area contributed by atoms with Crippen molar-refractivity contribution in [3.8, 4) is 0 Å². The summed E-state index contributed by atoms with van der Waals surface area (Å²) in [6, 6.07) is 9.83. The fraction of sp³-hybridized carbons (Fsp3) is 0.516. The minimum absolute atomic E-state index is 0.00340. The number of rotatable bonds is 5. The molecule has 3 aromatic rings. The lowest BCUT2D eigenvalue weighted by molar-refractivity contribution is -0.187. The van der Waals surface area contributed by atoms with Crippen molar-refractivity contribution in [3.63, 3.8) is 0 Å². The van der Waals surface area contributed by atoms with E-state index < -0.39 is 29.7 Å². The van der Waals surface area contributed by atoms with Gasteiger partial charge in [0.05, 0.1) is 23.4 Å². The fourth-order valence-electron chi connectivity index (χ4n) is 7.68. The molecule has 7 rings (SSSR count). The molecule has 43 heavy (non-hydrogen) atoms. The van der Waals surface area contributed by atoms with Gasteiger partial charge in [-0.05, 0) is 91.4 Å². The number of amides is 1. The number of hydrogen-bond acceptors (Lipinski definition) is 4. The highest BCUT2D eigenvalue weighted by Gasteiger charge is 2.63. The average molecular weight is 604 g/mol. The van der Waals surface area contributed by atoms with Crippen LogP contribution < -0.4 is 4.90 Å². The zero-order valence-electron chi connectivity index (χ0n) is 23.6. The maximum absolute atomic E-state index is 14.3. The number of aryl methyl sites for hydroxylation is 1. The van der Waals surface area contributed by atoms with Crippen LogP contribution >= 0.6 is 0 Å². The van der Waals surface area contributed by atoms with Gasteiger partial charge in [0.1, 0.15) is 12.2 Å². The first-order valence-corrected chi connectivity index (χ1v) is 14.6. The molecule has 2 aliphatic carbocycles. The van der Waals surface area contributed by atoms with Gasteiger partial charge >= 0.3 is 12.4 Å². The van der Waals surface area contributed by atoms with Crippen LogP contribution in [0.1, 0.15) is 77.0 Å². The van der Waals surface area contributed by atoms with Crippen LogP contribution in [0.3, 0.4) is 0 Å². The molecule has 6 nitrogen and oxygen atoms in total. The zero-order valence-corrected chi connectivity index (χ0v) is 23.6. The lowest BCUT2D eigenvalue weighted by Crippen LogP contribution is -2.45. The number of halogens is 6. The second kappa shape index (κ2) is 9.54. The van der Waals surface area contributed by atoms with Crippen molar-refractivity contribution < 1.29 is 31.1 Å². The summed E-state index contributed by atoms with van der Waals surface area (Å²) in [7, 11) is 1.89. The van der Waals surface area contributed by atoms with E-state index in [1.807, 2.05) is 29.8 Å². The minimum atomic E-state index is -4.73. The molecule has 3 fully saturated rings. The van der Waals surface area contributed by atoms with Crippen molar-refractivity contribution in [2.75, 3.05) is 18.0 Å². The number of carbonyl (C=O) groups excluding carboxylic acids is 1. The molecule has 4 aliphatic rings. The summed E-state index contributed by atoms with van der Waals surface area (Å²) < 4.78 is 84.9. The maximum Gasteiger partial charge on any atom is 0.416 e. The van der Waals surface area contributed by atoms with E-state index in [0.717, 1.165) is 43.1 Å². The van der Waals surface area contributed by atoms with E-state index in [0.29, 0.717) is 24.1 Å². The molecule has 228 valence electrons. The number of alkyl halides is 6. The minimum Gasteiger partial charge on any atom is -0.320 e. The Morgan fingerprint density at radius 1 is 1.05 bits per heavy atom. The second-order valence-electron chi connectivity index (χ2n) is 12.9. The van der Waals surface area contributed by atoms with Gasteiger partial charge in [-0.25, -0.2) is 0 Å². The van der Waals surface area contributed by atoms with Crippen molar-refractivity contribution in [2.45, 2.75) is 69.4 Å². The van der Waals surface area contributed by atoms with Crippen molar-refractivity contribution in [1.82, 2.24) is 19.7 Å². The molecule has 2 aromatic carbocycles. The highest BCUT2D eigenvalue weighted by atomic mass is 19.4. The molecule has 1 spiro atoms. The van der Waals surface area contributed by atoms with Gasteiger partial charge in [0.15, 0.2) is 0 Å². The number of piperidine rings is 1. The predicted molar refractivity (Wildman–Crippen MR) is 145 cm³/mol. The Labute approximate surface area is 244 Å². The van der Waals surface area contributed by atoms with Gasteiger partial charge in [-0.1, -0.05) is 12.1 Å². The van der Waals surface area contributed by atoms with Crippen molar-refractivity contribution >= 4 is 11.6 Å². The number of hydrogen-bond donors (Lipinski definition) is 0. The summed E-state index contributed by atoms with van der Waals surface area (Å²) in [6.07, 6.45) is -3.01. The number of fused-ring (bicyclic) bond motifs is 1. The van der Waals surface area contributed by atoms with Crippen LogP contribution in [0, 0.1) is 11.3 Å². The normalized spacial score (nSPS) is 23.0. The van der Waals surface area contributed by atoms with Gasteiger partial charge in [-0.2, -0.15) is 26.3 Å². The largest absolute Gasteiger partial charge is 0.416 e. The molecular weight excluding hydrogens is 572 g/mol. The van der Waals surface area contributed by atoms with E-state index in [2.05, 4.69) is 10.2 Å². The molecule has 1 saturated heterocycles. The van der Waals surface area contributed by atoms with Crippen LogP contribution in [-0.2, 0) is 31.7 Å². The molecule has 1 aromatic heterocycles. The van der Waals surface area contributed by atoms with Crippen LogP contribution in [0.25, 0.3) is 0 Å². The monoisotopic (exact) mass is 603 g/mol. The molecule has 2 saturated carbocycles. The summed E-state index contributed by atoms with van der Waals surface area (Å²) in [6.45, 7) is -0.253. The van der Waals surface area contributed by atoms with Gasteiger partial charge in [-0.3, -0.25) is 9.69 Å². The molecule has 1 unspecified atom stereocenters. The first kappa shape index (κ1) is 28.4. The Morgan fingerprint density at radius 2 is 1.81 bits per heavy atom. The number of nitrogens with zero attached hydrogens (tertiary/aromatic N) is 5. The van der Waals surface area contributed by atoms with Gasteiger partial charge in [0, 0.05) is 31.4 Å². The van der Waals surface area contributed by atoms with Crippen molar-refractivity contribution in [3.05, 3.63) is 76.4 Å². The van der Waals surface area contributed by atoms with Gasteiger partial charge in [-0.15, -0.1) is 10.2 Å². The number of benzene rings is 2. The second-order valence-corrected chi connectivity index (χ2v) is 12.9. The van der Waals surface area contributed by atoms with Crippen LogP contribution in [0.15, 0.2) is 42.7 Å². The Bertz CT molecular complexity index is 1580. The van der Waals surface area contributed by atoms with Gasteiger partial charge in [0.2, 0.25) is 0 Å². The van der Waals surface area contributed by atoms with Crippen LogP contribution in [-0.4, -0.2) is 44.8 Å². The van der Waals surface area contributed by atoms with Crippen LogP contribution in [0.5, 0.6) is 0 Å². The highest BCUT2D eigenvalue weighted by Crippen LogP contribution is 2.70. The number of aromatic nitrogens is 3. The first-order valence-electron chi connectivity index (χ1n) is 14.6. The van der Waals surface area contributed by atoms with Gasteiger partial charge in [0.25, 0.3) is 5.91 Å². The summed E-state index contributed by atoms with van der Waals surface area (Å²) in [5.41, 5.74) is 0.462. The van der Waals surface area contributed by atoms with E-state index in [-0.39, 0.29) is 48.2 Å². The molecule has 0 bridgehead atoms. The molecule has 3 heterocycles. The zero-order chi connectivity index (χ0) is 30.4. The van der Waals surface area contributed by atoms with Crippen molar-refractivity contribution in [2.24, 2.45) is 18.4 Å².